The predicted octanol–water partition coefficient (Wildman–Crippen LogP) is 2.77. The van der Waals surface area contributed by atoms with Crippen LogP contribution in [0.25, 0.3) is 0 Å². The van der Waals surface area contributed by atoms with Gasteiger partial charge in [-0.2, -0.15) is 13.2 Å². The number of likely N-dealkylation sites (tertiary alicyclic amines) is 1. The van der Waals surface area contributed by atoms with E-state index >= 15 is 0 Å². The van der Waals surface area contributed by atoms with Crippen molar-refractivity contribution in [1.29, 1.82) is 0 Å². The van der Waals surface area contributed by atoms with Crippen molar-refractivity contribution in [1.82, 2.24) is 15.1 Å². The quantitative estimate of drug-likeness (QED) is 0.386. The van der Waals surface area contributed by atoms with E-state index in [9.17, 15) is 18.0 Å². The fraction of sp³-hybridized carbons (Fsp3) is 0.556. The lowest BCUT2D eigenvalue weighted by Crippen LogP contribution is -2.46. The lowest BCUT2D eigenvalue weighted by atomic mass is 9.99. The summed E-state index contributed by atoms with van der Waals surface area (Å²) in [4.78, 5) is 18.7. The summed E-state index contributed by atoms with van der Waals surface area (Å²) in [7, 11) is 2.75. The topological polar surface area (TPSA) is 47.9 Å². The van der Waals surface area contributed by atoms with Crippen LogP contribution in [0.1, 0.15) is 12.0 Å². The summed E-state index contributed by atoms with van der Waals surface area (Å²) in [6.45, 7) is 0.152. The number of nitrogens with one attached hydrogen (secondary N) is 1. The number of alkyl halides is 3. The van der Waals surface area contributed by atoms with E-state index in [2.05, 4.69) is 22.4 Å². The maximum absolute atomic E-state index is 12.4. The third-order valence-corrected chi connectivity index (χ3v) is 4.40. The second-order valence-electron chi connectivity index (χ2n) is 6.56. The number of rotatable bonds is 5. The molecule has 0 saturated carbocycles. The summed E-state index contributed by atoms with van der Waals surface area (Å²) in [6, 6.07) is 10.2. The van der Waals surface area contributed by atoms with Gasteiger partial charge in [-0.25, -0.2) is 0 Å². The molecule has 1 aromatic rings. The van der Waals surface area contributed by atoms with E-state index in [1.54, 1.807) is 7.05 Å². The second kappa shape index (κ2) is 10.7. The molecule has 0 radical (unpaired) electrons. The number of carbonyl (C=O) groups excluding carboxylic acids is 1. The number of aliphatic imine (C=N–C) groups is 1. The number of amides is 1. The highest BCUT2D eigenvalue weighted by Gasteiger charge is 2.31. The van der Waals surface area contributed by atoms with Gasteiger partial charge in [0.1, 0.15) is 6.54 Å². The van der Waals surface area contributed by atoms with Gasteiger partial charge in [-0.15, -0.1) is 24.0 Å². The first kappa shape index (κ1) is 23.5. The Morgan fingerprint density at radius 2 is 2.00 bits per heavy atom. The van der Waals surface area contributed by atoms with Crippen molar-refractivity contribution in [2.75, 3.05) is 40.3 Å². The van der Waals surface area contributed by atoms with Crippen LogP contribution in [0.15, 0.2) is 35.3 Å². The molecule has 1 aromatic carbocycles. The van der Waals surface area contributed by atoms with Gasteiger partial charge in [0.05, 0.1) is 6.54 Å². The van der Waals surface area contributed by atoms with Gasteiger partial charge in [0, 0.05) is 27.2 Å². The molecule has 152 valence electrons. The second-order valence-corrected chi connectivity index (χ2v) is 6.56. The van der Waals surface area contributed by atoms with E-state index in [4.69, 9.17) is 0 Å². The number of likely N-dealkylation sites (N-methyl/N-ethyl adjacent to an activating group) is 1. The molecule has 1 fully saturated rings. The van der Waals surface area contributed by atoms with E-state index in [0.29, 0.717) is 16.8 Å². The maximum atomic E-state index is 12.4. The van der Waals surface area contributed by atoms with E-state index in [0.717, 1.165) is 33.0 Å². The number of hydrogen-bond donors (Lipinski definition) is 1. The Hall–Kier alpha value is -1.52. The molecule has 1 saturated heterocycles. The molecular formula is C18H26F3IN4O. The van der Waals surface area contributed by atoms with Crippen LogP contribution in [-0.4, -0.2) is 68.1 Å². The summed E-state index contributed by atoms with van der Waals surface area (Å²) >= 11 is 0. The smallest absolute Gasteiger partial charge is 0.347 e. The fourth-order valence-corrected chi connectivity index (χ4v) is 3.12. The van der Waals surface area contributed by atoms with Gasteiger partial charge < -0.3 is 15.1 Å². The van der Waals surface area contributed by atoms with Gasteiger partial charge in [0.15, 0.2) is 5.96 Å². The van der Waals surface area contributed by atoms with Gasteiger partial charge >= 0.3 is 6.18 Å². The SMILES string of the molecule is CN=C(NCC(=O)N(C)CC(F)(F)F)N1CCC(Cc2ccccc2)C1.I. The number of nitrogens with zero attached hydrogens (tertiary/aromatic N) is 3. The molecule has 0 aromatic heterocycles. The molecule has 1 amide bonds. The molecule has 1 atom stereocenters. The van der Waals surface area contributed by atoms with Crippen LogP contribution in [0.3, 0.4) is 0 Å². The van der Waals surface area contributed by atoms with Crippen molar-refractivity contribution in [2.45, 2.75) is 19.0 Å². The van der Waals surface area contributed by atoms with Gasteiger partial charge in [0.2, 0.25) is 5.91 Å². The molecule has 0 bridgehead atoms. The molecule has 1 unspecified atom stereocenters. The highest BCUT2D eigenvalue weighted by molar-refractivity contribution is 14.0. The highest BCUT2D eigenvalue weighted by Crippen LogP contribution is 2.21. The molecule has 9 heteroatoms. The number of carbonyl (C=O) groups is 1. The Labute approximate surface area is 175 Å². The Morgan fingerprint density at radius 1 is 1.33 bits per heavy atom. The third kappa shape index (κ3) is 7.94. The van der Waals surface area contributed by atoms with Crippen molar-refractivity contribution in [3.8, 4) is 0 Å². The molecule has 1 heterocycles. The third-order valence-electron chi connectivity index (χ3n) is 4.40. The summed E-state index contributed by atoms with van der Waals surface area (Å²) in [5.74, 6) is 0.414. The van der Waals surface area contributed by atoms with Crippen molar-refractivity contribution in [3.63, 3.8) is 0 Å². The summed E-state index contributed by atoms with van der Waals surface area (Å²) in [5.41, 5.74) is 1.28. The fourth-order valence-electron chi connectivity index (χ4n) is 3.12. The van der Waals surface area contributed by atoms with Crippen LogP contribution in [0.5, 0.6) is 0 Å². The number of guanidine groups is 1. The number of halogens is 4. The van der Waals surface area contributed by atoms with Crippen molar-refractivity contribution in [2.24, 2.45) is 10.9 Å². The zero-order chi connectivity index (χ0) is 19.2. The normalized spacial score (nSPS) is 17.4. The van der Waals surface area contributed by atoms with E-state index in [1.165, 1.54) is 5.56 Å². The minimum atomic E-state index is -4.40. The summed E-state index contributed by atoms with van der Waals surface area (Å²) in [6.07, 6.45) is -2.41. The van der Waals surface area contributed by atoms with Crippen molar-refractivity contribution >= 4 is 35.8 Å². The molecular weight excluding hydrogens is 472 g/mol. The lowest BCUT2D eigenvalue weighted by Gasteiger charge is -2.23. The van der Waals surface area contributed by atoms with Crippen LogP contribution in [0, 0.1) is 5.92 Å². The highest BCUT2D eigenvalue weighted by atomic mass is 127. The molecule has 27 heavy (non-hydrogen) atoms. The largest absolute Gasteiger partial charge is 0.406 e. The minimum absolute atomic E-state index is 0. The van der Waals surface area contributed by atoms with E-state index < -0.39 is 18.6 Å². The average molecular weight is 498 g/mol. The van der Waals surface area contributed by atoms with Gasteiger partial charge in [-0.1, -0.05) is 30.3 Å². The van der Waals surface area contributed by atoms with Gasteiger partial charge in [0.25, 0.3) is 0 Å². The first-order valence-electron chi connectivity index (χ1n) is 8.58. The van der Waals surface area contributed by atoms with Crippen LogP contribution in [0.2, 0.25) is 0 Å². The van der Waals surface area contributed by atoms with E-state index in [-0.39, 0.29) is 30.5 Å². The Kier molecular flexibility index (Phi) is 9.34. The molecule has 5 nitrogen and oxygen atoms in total. The zero-order valence-corrected chi connectivity index (χ0v) is 17.8. The number of hydrogen-bond acceptors (Lipinski definition) is 2. The molecule has 1 aliphatic heterocycles. The summed E-state index contributed by atoms with van der Waals surface area (Å²) < 4.78 is 37.1. The van der Waals surface area contributed by atoms with Crippen LogP contribution < -0.4 is 5.32 Å². The Bertz CT molecular complexity index is 625. The van der Waals surface area contributed by atoms with Crippen molar-refractivity contribution < 1.29 is 18.0 Å². The summed E-state index contributed by atoms with van der Waals surface area (Å²) in [5, 5.41) is 2.88. The standard InChI is InChI=1S/C18H25F3N4O.HI/c1-22-17(23-11-16(26)24(2)13-18(19,20)21)25-9-8-15(12-25)10-14-6-4-3-5-7-14;/h3-7,15H,8-13H2,1-2H3,(H,22,23);1H. The monoisotopic (exact) mass is 498 g/mol. The van der Waals surface area contributed by atoms with E-state index in [1.807, 2.05) is 23.1 Å². The molecule has 1 aliphatic rings. The van der Waals surface area contributed by atoms with Crippen LogP contribution in [0.4, 0.5) is 13.2 Å². The first-order valence-corrected chi connectivity index (χ1v) is 8.58. The molecule has 1 N–H and O–H groups in total. The van der Waals surface area contributed by atoms with Crippen LogP contribution in [-0.2, 0) is 11.2 Å². The maximum Gasteiger partial charge on any atom is 0.406 e. The van der Waals surface area contributed by atoms with Gasteiger partial charge in [-0.3, -0.25) is 9.79 Å². The Balaban J connectivity index is 0.00000364. The van der Waals surface area contributed by atoms with Gasteiger partial charge in [-0.05, 0) is 24.3 Å². The molecule has 0 aliphatic carbocycles. The predicted molar refractivity (Wildman–Crippen MR) is 110 cm³/mol. The zero-order valence-electron chi connectivity index (χ0n) is 15.5. The number of benzene rings is 1. The molecule has 0 spiro atoms. The van der Waals surface area contributed by atoms with Crippen molar-refractivity contribution in [3.05, 3.63) is 35.9 Å². The lowest BCUT2D eigenvalue weighted by molar-refractivity contribution is -0.157. The first-order chi connectivity index (χ1) is 12.3. The average Bonchev–Trinajstić information content (AvgIpc) is 3.03. The Morgan fingerprint density at radius 3 is 2.59 bits per heavy atom. The molecule has 2 rings (SSSR count). The minimum Gasteiger partial charge on any atom is -0.347 e. The van der Waals surface area contributed by atoms with Crippen LogP contribution >= 0.6 is 24.0 Å².